The Morgan fingerprint density at radius 3 is 3.06 bits per heavy atom. The number of carbonyl (C=O) groups excluding carboxylic acids is 1. The first-order valence-corrected chi connectivity index (χ1v) is 6.48. The molecular formula is C12H16N2OS. The summed E-state index contributed by atoms with van der Waals surface area (Å²) in [5.74, 6) is 1.11. The lowest BCUT2D eigenvalue weighted by molar-refractivity contribution is 0.0963. The number of hydrogen-bond donors (Lipinski definition) is 1. The van der Waals surface area contributed by atoms with Gasteiger partial charge < -0.3 is 10.2 Å². The minimum atomic E-state index is -0.0190. The van der Waals surface area contributed by atoms with Crippen LogP contribution in [0, 0.1) is 0 Å². The molecule has 1 aromatic carbocycles. The Bertz CT molecular complexity index is 406. The number of hydrogen-bond acceptors (Lipinski definition) is 3. The number of nitrogens with one attached hydrogen (secondary N) is 1. The first-order chi connectivity index (χ1) is 7.76. The Labute approximate surface area is 100 Å². The van der Waals surface area contributed by atoms with E-state index in [9.17, 15) is 4.79 Å². The van der Waals surface area contributed by atoms with E-state index in [0.717, 1.165) is 24.4 Å². The number of anilines is 1. The van der Waals surface area contributed by atoms with Gasteiger partial charge in [-0.15, -0.1) is 11.8 Å². The monoisotopic (exact) mass is 236 g/mol. The standard InChI is InChI=1S/C12H16N2OS/c1-3-14-6-7-16-11-5-4-9(8-10(11)14)12(15)13-2/h4-5,8H,3,6-7H2,1-2H3,(H,13,15). The van der Waals surface area contributed by atoms with E-state index in [1.54, 1.807) is 7.05 Å². The molecule has 0 unspecified atom stereocenters. The second kappa shape index (κ2) is 4.78. The highest BCUT2D eigenvalue weighted by Crippen LogP contribution is 2.35. The molecule has 1 aliphatic rings. The summed E-state index contributed by atoms with van der Waals surface area (Å²) in [4.78, 5) is 15.2. The first kappa shape index (κ1) is 11.3. The summed E-state index contributed by atoms with van der Waals surface area (Å²) in [5.41, 5.74) is 1.93. The van der Waals surface area contributed by atoms with Crippen LogP contribution in [0.2, 0.25) is 0 Å². The van der Waals surface area contributed by atoms with Crippen LogP contribution in [-0.4, -0.2) is 31.8 Å². The summed E-state index contributed by atoms with van der Waals surface area (Å²) in [6.45, 7) is 4.20. The molecule has 0 saturated heterocycles. The van der Waals surface area contributed by atoms with Gasteiger partial charge in [0.05, 0.1) is 5.69 Å². The zero-order chi connectivity index (χ0) is 11.5. The molecule has 1 N–H and O–H groups in total. The van der Waals surface area contributed by atoms with E-state index in [-0.39, 0.29) is 5.91 Å². The van der Waals surface area contributed by atoms with Crippen LogP contribution in [0.3, 0.4) is 0 Å². The van der Waals surface area contributed by atoms with Crippen molar-refractivity contribution in [2.24, 2.45) is 0 Å². The van der Waals surface area contributed by atoms with Crippen molar-refractivity contribution >= 4 is 23.4 Å². The summed E-state index contributed by atoms with van der Waals surface area (Å²) in [7, 11) is 1.66. The van der Waals surface area contributed by atoms with Crippen molar-refractivity contribution in [1.82, 2.24) is 5.32 Å². The first-order valence-electron chi connectivity index (χ1n) is 5.50. The fourth-order valence-electron chi connectivity index (χ4n) is 1.89. The van der Waals surface area contributed by atoms with Gasteiger partial charge in [0.25, 0.3) is 5.91 Å². The van der Waals surface area contributed by atoms with Gasteiger partial charge in [0.1, 0.15) is 0 Å². The maximum atomic E-state index is 11.6. The topological polar surface area (TPSA) is 32.3 Å². The zero-order valence-electron chi connectivity index (χ0n) is 9.62. The molecule has 0 spiro atoms. The van der Waals surface area contributed by atoms with Gasteiger partial charge in [0, 0.05) is 36.3 Å². The van der Waals surface area contributed by atoms with Gasteiger partial charge in [-0.1, -0.05) is 0 Å². The van der Waals surface area contributed by atoms with Crippen LogP contribution < -0.4 is 10.2 Å². The van der Waals surface area contributed by atoms with Gasteiger partial charge in [0.2, 0.25) is 0 Å². The molecule has 0 aromatic heterocycles. The molecule has 0 fully saturated rings. The maximum absolute atomic E-state index is 11.6. The number of nitrogens with zero attached hydrogens (tertiary/aromatic N) is 1. The number of rotatable bonds is 2. The molecule has 86 valence electrons. The van der Waals surface area contributed by atoms with Crippen LogP contribution in [-0.2, 0) is 0 Å². The largest absolute Gasteiger partial charge is 0.370 e. The Balaban J connectivity index is 2.38. The van der Waals surface area contributed by atoms with Crippen molar-refractivity contribution in [3.8, 4) is 0 Å². The number of carbonyl (C=O) groups is 1. The van der Waals surface area contributed by atoms with E-state index in [2.05, 4.69) is 17.1 Å². The number of amides is 1. The lowest BCUT2D eigenvalue weighted by Crippen LogP contribution is -2.29. The highest BCUT2D eigenvalue weighted by molar-refractivity contribution is 7.99. The molecule has 16 heavy (non-hydrogen) atoms. The molecule has 0 saturated carbocycles. The summed E-state index contributed by atoms with van der Waals surface area (Å²) >= 11 is 1.86. The van der Waals surface area contributed by atoms with Crippen LogP contribution in [0.4, 0.5) is 5.69 Å². The van der Waals surface area contributed by atoms with Gasteiger partial charge in [-0.25, -0.2) is 0 Å². The second-order valence-electron chi connectivity index (χ2n) is 3.69. The molecule has 4 heteroatoms. The zero-order valence-corrected chi connectivity index (χ0v) is 10.4. The van der Waals surface area contributed by atoms with Crippen molar-refractivity contribution in [3.63, 3.8) is 0 Å². The maximum Gasteiger partial charge on any atom is 0.251 e. The van der Waals surface area contributed by atoms with Crippen molar-refractivity contribution in [3.05, 3.63) is 23.8 Å². The third-order valence-electron chi connectivity index (χ3n) is 2.79. The van der Waals surface area contributed by atoms with Crippen LogP contribution >= 0.6 is 11.8 Å². The van der Waals surface area contributed by atoms with Crippen LogP contribution in [0.1, 0.15) is 17.3 Å². The summed E-state index contributed by atoms with van der Waals surface area (Å²) in [5, 5.41) is 2.66. The van der Waals surface area contributed by atoms with E-state index in [4.69, 9.17) is 0 Å². The third-order valence-corrected chi connectivity index (χ3v) is 3.83. The molecule has 1 aliphatic heterocycles. The van der Waals surface area contributed by atoms with Gasteiger partial charge in [-0.3, -0.25) is 4.79 Å². The number of thioether (sulfide) groups is 1. The molecule has 1 heterocycles. The Kier molecular flexibility index (Phi) is 3.39. The fourth-order valence-corrected chi connectivity index (χ4v) is 2.92. The van der Waals surface area contributed by atoms with E-state index in [0.29, 0.717) is 0 Å². The minimum absolute atomic E-state index is 0.0190. The van der Waals surface area contributed by atoms with E-state index in [1.165, 1.54) is 10.6 Å². The fraction of sp³-hybridized carbons (Fsp3) is 0.417. The quantitative estimate of drug-likeness (QED) is 0.852. The lowest BCUT2D eigenvalue weighted by atomic mass is 10.1. The van der Waals surface area contributed by atoms with Crippen molar-refractivity contribution in [2.45, 2.75) is 11.8 Å². The SMILES string of the molecule is CCN1CCSc2ccc(C(=O)NC)cc21. The number of fused-ring (bicyclic) bond motifs is 1. The van der Waals surface area contributed by atoms with E-state index < -0.39 is 0 Å². The molecular weight excluding hydrogens is 220 g/mol. The Morgan fingerprint density at radius 1 is 1.56 bits per heavy atom. The average Bonchev–Trinajstić information content (AvgIpc) is 2.36. The summed E-state index contributed by atoms with van der Waals surface area (Å²) in [6, 6.07) is 5.93. The molecule has 0 atom stereocenters. The van der Waals surface area contributed by atoms with E-state index >= 15 is 0 Å². The smallest absolute Gasteiger partial charge is 0.251 e. The van der Waals surface area contributed by atoms with Crippen LogP contribution in [0.5, 0.6) is 0 Å². The van der Waals surface area contributed by atoms with Crippen molar-refractivity contribution in [1.29, 1.82) is 0 Å². The summed E-state index contributed by atoms with van der Waals surface area (Å²) < 4.78 is 0. The molecule has 0 aliphatic carbocycles. The summed E-state index contributed by atoms with van der Waals surface area (Å²) in [6.07, 6.45) is 0. The van der Waals surface area contributed by atoms with Gasteiger partial charge in [-0.05, 0) is 25.1 Å². The Morgan fingerprint density at radius 2 is 2.38 bits per heavy atom. The molecule has 0 bridgehead atoms. The third kappa shape index (κ3) is 2.02. The molecule has 0 radical (unpaired) electrons. The highest BCUT2D eigenvalue weighted by atomic mass is 32.2. The molecule has 1 aromatic rings. The predicted octanol–water partition coefficient (Wildman–Crippen LogP) is 1.98. The lowest BCUT2D eigenvalue weighted by Gasteiger charge is -2.30. The second-order valence-corrected chi connectivity index (χ2v) is 4.83. The molecule has 3 nitrogen and oxygen atoms in total. The van der Waals surface area contributed by atoms with Gasteiger partial charge in [0.15, 0.2) is 0 Å². The molecule has 2 rings (SSSR count). The minimum Gasteiger partial charge on any atom is -0.370 e. The average molecular weight is 236 g/mol. The van der Waals surface area contributed by atoms with Gasteiger partial charge in [-0.2, -0.15) is 0 Å². The van der Waals surface area contributed by atoms with Crippen molar-refractivity contribution < 1.29 is 4.79 Å². The van der Waals surface area contributed by atoms with E-state index in [1.807, 2.05) is 30.0 Å². The van der Waals surface area contributed by atoms with Gasteiger partial charge >= 0.3 is 0 Å². The predicted molar refractivity (Wildman–Crippen MR) is 68.4 cm³/mol. The molecule has 1 amide bonds. The highest BCUT2D eigenvalue weighted by Gasteiger charge is 2.17. The normalized spacial score (nSPS) is 14.5. The number of benzene rings is 1. The Hall–Kier alpha value is -1.16. The van der Waals surface area contributed by atoms with Crippen LogP contribution in [0.15, 0.2) is 23.1 Å². The van der Waals surface area contributed by atoms with Crippen molar-refractivity contribution in [2.75, 3.05) is 30.8 Å². The van der Waals surface area contributed by atoms with Crippen LogP contribution in [0.25, 0.3) is 0 Å².